The molecule has 20 heavy (non-hydrogen) atoms. The number of halogens is 2. The number of ether oxygens (including phenoxy) is 1. The van der Waals surface area contributed by atoms with Crippen LogP contribution >= 0.6 is 23.2 Å². The van der Waals surface area contributed by atoms with Crippen LogP contribution < -0.4 is 0 Å². The maximum absolute atomic E-state index is 12.6. The average molecular weight is 316 g/mol. The molecule has 0 saturated carbocycles. The van der Waals surface area contributed by atoms with E-state index in [9.17, 15) is 9.59 Å². The van der Waals surface area contributed by atoms with Gasteiger partial charge in [0, 0.05) is 18.7 Å². The van der Waals surface area contributed by atoms with Crippen molar-refractivity contribution in [1.29, 1.82) is 0 Å². The van der Waals surface area contributed by atoms with E-state index in [1.165, 1.54) is 12.1 Å². The summed E-state index contributed by atoms with van der Waals surface area (Å²) in [5, 5.41) is 0.349. The van der Waals surface area contributed by atoms with Gasteiger partial charge in [0.15, 0.2) is 6.29 Å². The molecule has 1 aliphatic rings. The van der Waals surface area contributed by atoms with Crippen molar-refractivity contribution in [2.75, 3.05) is 13.1 Å². The minimum atomic E-state index is -0.272. The van der Waals surface area contributed by atoms with E-state index in [0.717, 1.165) is 0 Å². The summed E-state index contributed by atoms with van der Waals surface area (Å²) in [6.07, 6.45) is 0.518. The van der Waals surface area contributed by atoms with Crippen molar-refractivity contribution in [3.8, 4) is 0 Å². The maximum atomic E-state index is 12.6. The highest BCUT2D eigenvalue weighted by Gasteiger charge is 2.29. The summed E-state index contributed by atoms with van der Waals surface area (Å²) >= 11 is 12.2. The molecule has 108 valence electrons. The molecule has 1 aliphatic heterocycles. The summed E-state index contributed by atoms with van der Waals surface area (Å²) in [4.78, 5) is 25.2. The maximum Gasteiger partial charge on any atom is 0.257 e. The Morgan fingerprint density at radius 1 is 1.30 bits per heavy atom. The Morgan fingerprint density at radius 3 is 2.45 bits per heavy atom. The predicted molar refractivity (Wildman–Crippen MR) is 77.8 cm³/mol. The van der Waals surface area contributed by atoms with Crippen LogP contribution in [0.2, 0.25) is 10.0 Å². The van der Waals surface area contributed by atoms with Gasteiger partial charge in [-0.15, -0.1) is 0 Å². The topological polar surface area (TPSA) is 46.6 Å². The second kappa shape index (κ2) is 6.12. The Labute approximate surface area is 127 Å². The highest BCUT2D eigenvalue weighted by Crippen LogP contribution is 2.29. The zero-order valence-electron chi connectivity index (χ0n) is 11.2. The average Bonchev–Trinajstić information content (AvgIpc) is 2.37. The summed E-state index contributed by atoms with van der Waals surface area (Å²) < 4.78 is 5.59. The molecular formula is C14H15Cl2NO3. The highest BCUT2D eigenvalue weighted by atomic mass is 35.5. The monoisotopic (exact) mass is 315 g/mol. The van der Waals surface area contributed by atoms with Crippen LogP contribution in [-0.2, 0) is 4.74 Å². The van der Waals surface area contributed by atoms with Crippen LogP contribution in [0.1, 0.15) is 34.6 Å². The lowest BCUT2D eigenvalue weighted by Gasteiger charge is -2.35. The number of hydrogen-bond acceptors (Lipinski definition) is 3. The molecule has 0 bridgehead atoms. The largest absolute Gasteiger partial charge is 0.372 e. The third kappa shape index (κ3) is 2.97. The van der Waals surface area contributed by atoms with E-state index in [4.69, 9.17) is 27.9 Å². The second-order valence-electron chi connectivity index (χ2n) is 4.91. The van der Waals surface area contributed by atoms with E-state index in [-0.39, 0.29) is 39.3 Å². The standard InChI is InChI=1S/C14H15Cl2NO3/c1-8-5-17(6-9(2)20-8)14(19)12-11(15)4-3-10(7-18)13(12)16/h3-4,7-9H,5-6H2,1-2H3. The van der Waals surface area contributed by atoms with Crippen molar-refractivity contribution >= 4 is 35.4 Å². The Bertz CT molecular complexity index is 537. The molecule has 0 N–H and O–H groups in total. The van der Waals surface area contributed by atoms with Gasteiger partial charge in [0.1, 0.15) is 0 Å². The van der Waals surface area contributed by atoms with Crippen molar-refractivity contribution in [2.24, 2.45) is 0 Å². The molecule has 0 radical (unpaired) electrons. The Hall–Kier alpha value is -1.10. The molecule has 0 aliphatic carbocycles. The first-order valence-corrected chi connectivity index (χ1v) is 7.07. The van der Waals surface area contributed by atoms with Crippen LogP contribution in [0.15, 0.2) is 12.1 Å². The summed E-state index contributed by atoms with van der Waals surface area (Å²) in [6, 6.07) is 3.01. The van der Waals surface area contributed by atoms with Crippen LogP contribution in [0.5, 0.6) is 0 Å². The van der Waals surface area contributed by atoms with Gasteiger partial charge in [-0.3, -0.25) is 9.59 Å². The summed E-state index contributed by atoms with van der Waals surface area (Å²) in [7, 11) is 0. The number of aldehydes is 1. The van der Waals surface area contributed by atoms with E-state index in [1.807, 2.05) is 13.8 Å². The number of benzene rings is 1. The van der Waals surface area contributed by atoms with Crippen LogP contribution in [0.4, 0.5) is 0 Å². The van der Waals surface area contributed by atoms with Gasteiger partial charge in [0.2, 0.25) is 0 Å². The Morgan fingerprint density at radius 2 is 1.90 bits per heavy atom. The van der Waals surface area contributed by atoms with Gasteiger partial charge in [-0.05, 0) is 26.0 Å². The molecule has 1 amide bonds. The Kier molecular flexibility index (Phi) is 4.68. The smallest absolute Gasteiger partial charge is 0.257 e. The summed E-state index contributed by atoms with van der Waals surface area (Å²) in [6.45, 7) is 4.75. The van der Waals surface area contributed by atoms with E-state index in [1.54, 1.807) is 4.90 Å². The molecule has 6 heteroatoms. The van der Waals surface area contributed by atoms with Crippen molar-refractivity contribution in [2.45, 2.75) is 26.1 Å². The van der Waals surface area contributed by atoms with Crippen LogP contribution in [0.3, 0.4) is 0 Å². The van der Waals surface area contributed by atoms with Crippen LogP contribution in [0.25, 0.3) is 0 Å². The van der Waals surface area contributed by atoms with Crippen molar-refractivity contribution < 1.29 is 14.3 Å². The number of hydrogen-bond donors (Lipinski definition) is 0. The first-order valence-electron chi connectivity index (χ1n) is 6.32. The quantitative estimate of drug-likeness (QED) is 0.788. The van der Waals surface area contributed by atoms with E-state index in [0.29, 0.717) is 19.4 Å². The highest BCUT2D eigenvalue weighted by molar-refractivity contribution is 6.41. The molecular weight excluding hydrogens is 301 g/mol. The minimum Gasteiger partial charge on any atom is -0.372 e. The SMILES string of the molecule is CC1CN(C(=O)c2c(Cl)ccc(C=O)c2Cl)CC(C)O1. The zero-order valence-corrected chi connectivity index (χ0v) is 12.7. The number of nitrogens with zero attached hydrogens (tertiary/aromatic N) is 1. The molecule has 0 spiro atoms. The van der Waals surface area contributed by atoms with Gasteiger partial charge in [-0.2, -0.15) is 0 Å². The first-order chi connectivity index (χ1) is 9.43. The van der Waals surface area contributed by atoms with Crippen molar-refractivity contribution in [1.82, 2.24) is 4.90 Å². The number of rotatable bonds is 2. The molecule has 1 fully saturated rings. The fraction of sp³-hybridized carbons (Fsp3) is 0.429. The number of carbonyl (C=O) groups excluding carboxylic acids is 2. The third-order valence-corrected chi connectivity index (χ3v) is 3.89. The van der Waals surface area contributed by atoms with Gasteiger partial charge in [-0.25, -0.2) is 0 Å². The number of amides is 1. The normalized spacial score (nSPS) is 22.7. The molecule has 2 rings (SSSR count). The van der Waals surface area contributed by atoms with Gasteiger partial charge < -0.3 is 9.64 Å². The van der Waals surface area contributed by atoms with E-state index < -0.39 is 0 Å². The predicted octanol–water partition coefficient (Wildman–Crippen LogP) is 3.06. The molecule has 1 aromatic rings. The van der Waals surface area contributed by atoms with Crippen LogP contribution in [0, 0.1) is 0 Å². The summed E-state index contributed by atoms with van der Waals surface area (Å²) in [5.41, 5.74) is 0.438. The number of morpholine rings is 1. The molecule has 2 atom stereocenters. The fourth-order valence-corrected chi connectivity index (χ4v) is 2.93. The molecule has 2 unspecified atom stereocenters. The molecule has 1 saturated heterocycles. The fourth-order valence-electron chi connectivity index (χ4n) is 2.36. The second-order valence-corrected chi connectivity index (χ2v) is 5.70. The first kappa shape index (κ1) is 15.3. The van der Waals surface area contributed by atoms with Gasteiger partial charge in [0.25, 0.3) is 5.91 Å². The van der Waals surface area contributed by atoms with Gasteiger partial charge in [0.05, 0.1) is 27.8 Å². The molecule has 1 heterocycles. The van der Waals surface area contributed by atoms with E-state index in [2.05, 4.69) is 0 Å². The lowest BCUT2D eigenvalue weighted by molar-refractivity contribution is -0.0586. The molecule has 1 aromatic carbocycles. The molecule has 0 aromatic heterocycles. The lowest BCUT2D eigenvalue weighted by atomic mass is 10.1. The minimum absolute atomic E-state index is 0.0468. The van der Waals surface area contributed by atoms with Crippen LogP contribution in [-0.4, -0.2) is 42.4 Å². The summed E-state index contributed by atoms with van der Waals surface area (Å²) in [5.74, 6) is -0.272. The van der Waals surface area contributed by atoms with Crippen molar-refractivity contribution in [3.63, 3.8) is 0 Å². The zero-order chi connectivity index (χ0) is 14.9. The Balaban J connectivity index is 2.36. The van der Waals surface area contributed by atoms with Gasteiger partial charge in [-0.1, -0.05) is 23.2 Å². The van der Waals surface area contributed by atoms with E-state index >= 15 is 0 Å². The number of carbonyl (C=O) groups is 2. The van der Waals surface area contributed by atoms with Gasteiger partial charge >= 0.3 is 0 Å². The molecule has 4 nitrogen and oxygen atoms in total. The van der Waals surface area contributed by atoms with Crippen molar-refractivity contribution in [3.05, 3.63) is 33.3 Å². The lowest BCUT2D eigenvalue weighted by Crippen LogP contribution is -2.48. The third-order valence-electron chi connectivity index (χ3n) is 3.17.